The van der Waals surface area contributed by atoms with Crippen LogP contribution in [0.2, 0.25) is 0 Å². The third-order valence-corrected chi connectivity index (χ3v) is 3.45. The van der Waals surface area contributed by atoms with Gasteiger partial charge in [0.05, 0.1) is 0 Å². The summed E-state index contributed by atoms with van der Waals surface area (Å²) in [4.78, 5) is 4.32. The Morgan fingerprint density at radius 3 is 2.68 bits per heavy atom. The van der Waals surface area contributed by atoms with Gasteiger partial charge < -0.3 is 10.6 Å². The molecule has 0 aliphatic heterocycles. The summed E-state index contributed by atoms with van der Waals surface area (Å²) in [5.41, 5.74) is 1.17. The van der Waals surface area contributed by atoms with Crippen molar-refractivity contribution in [3.05, 3.63) is 18.3 Å². The lowest BCUT2D eigenvalue weighted by molar-refractivity contribution is 0.473. The van der Waals surface area contributed by atoms with Crippen molar-refractivity contribution in [2.75, 3.05) is 23.7 Å². The van der Waals surface area contributed by atoms with Crippen molar-refractivity contribution in [3.63, 3.8) is 0 Å². The minimum absolute atomic E-state index is 0.778. The number of pyridine rings is 1. The highest BCUT2D eigenvalue weighted by molar-refractivity contribution is 5.51. The van der Waals surface area contributed by atoms with Gasteiger partial charge in [-0.15, -0.1) is 0 Å². The Morgan fingerprint density at radius 1 is 1.16 bits per heavy atom. The van der Waals surface area contributed by atoms with Crippen LogP contribution in [0, 0.1) is 5.92 Å². The van der Waals surface area contributed by atoms with E-state index in [1.165, 1.54) is 31.4 Å². The Morgan fingerprint density at radius 2 is 2.00 bits per heavy atom. The average Bonchev–Trinajstić information content (AvgIpc) is 2.46. The molecule has 0 radical (unpaired) electrons. The molecule has 1 aromatic rings. The minimum Gasteiger partial charge on any atom is -0.385 e. The SMILES string of the molecule is CCCCC(CC)CNc1ccnc(NCCC)c1. The van der Waals surface area contributed by atoms with Gasteiger partial charge in [0.25, 0.3) is 0 Å². The zero-order chi connectivity index (χ0) is 13.9. The first-order valence-electron chi connectivity index (χ1n) is 7.73. The average molecular weight is 263 g/mol. The number of hydrogen-bond donors (Lipinski definition) is 2. The smallest absolute Gasteiger partial charge is 0.127 e. The summed E-state index contributed by atoms with van der Waals surface area (Å²) < 4.78 is 0. The Balaban J connectivity index is 2.42. The second kappa shape index (κ2) is 9.65. The molecule has 2 N–H and O–H groups in total. The van der Waals surface area contributed by atoms with Gasteiger partial charge >= 0.3 is 0 Å². The summed E-state index contributed by atoms with van der Waals surface area (Å²) in [6, 6.07) is 4.14. The van der Waals surface area contributed by atoms with E-state index in [1.807, 2.05) is 12.3 Å². The van der Waals surface area contributed by atoms with E-state index >= 15 is 0 Å². The summed E-state index contributed by atoms with van der Waals surface area (Å²) in [5.74, 6) is 1.74. The van der Waals surface area contributed by atoms with E-state index in [0.29, 0.717) is 0 Å². The van der Waals surface area contributed by atoms with Gasteiger partial charge in [-0.2, -0.15) is 0 Å². The molecule has 108 valence electrons. The maximum Gasteiger partial charge on any atom is 0.127 e. The number of nitrogens with zero attached hydrogens (tertiary/aromatic N) is 1. The summed E-state index contributed by atoms with van der Waals surface area (Å²) in [6.45, 7) is 8.74. The van der Waals surface area contributed by atoms with Crippen LogP contribution < -0.4 is 10.6 Å². The van der Waals surface area contributed by atoms with Crippen LogP contribution >= 0.6 is 0 Å². The number of nitrogens with one attached hydrogen (secondary N) is 2. The lowest BCUT2D eigenvalue weighted by atomic mass is 9.99. The number of hydrogen-bond acceptors (Lipinski definition) is 3. The standard InChI is InChI=1S/C16H29N3/c1-4-7-8-14(6-3)13-19-15-9-11-18-16(12-15)17-10-5-2/h9,11-12,14H,4-8,10,13H2,1-3H3,(H2,17,18,19). The maximum atomic E-state index is 4.32. The maximum absolute atomic E-state index is 4.32. The van der Waals surface area contributed by atoms with E-state index in [9.17, 15) is 0 Å². The summed E-state index contributed by atoms with van der Waals surface area (Å²) in [7, 11) is 0. The number of aromatic nitrogens is 1. The van der Waals surface area contributed by atoms with Crippen molar-refractivity contribution in [1.29, 1.82) is 0 Å². The molecule has 1 aromatic heterocycles. The molecule has 3 heteroatoms. The Bertz CT molecular complexity index is 339. The molecule has 0 spiro atoms. The molecule has 0 amide bonds. The third-order valence-electron chi connectivity index (χ3n) is 3.45. The van der Waals surface area contributed by atoms with Crippen LogP contribution in [0.4, 0.5) is 11.5 Å². The van der Waals surface area contributed by atoms with Gasteiger partial charge in [-0.3, -0.25) is 0 Å². The fourth-order valence-corrected chi connectivity index (χ4v) is 2.10. The van der Waals surface area contributed by atoms with E-state index in [-0.39, 0.29) is 0 Å². The van der Waals surface area contributed by atoms with Crippen molar-refractivity contribution >= 4 is 11.5 Å². The Kier molecular flexibility index (Phi) is 8.03. The molecule has 0 saturated carbocycles. The van der Waals surface area contributed by atoms with Gasteiger partial charge in [-0.05, 0) is 24.8 Å². The molecular formula is C16H29N3. The van der Waals surface area contributed by atoms with E-state index in [1.54, 1.807) is 0 Å². The minimum atomic E-state index is 0.778. The van der Waals surface area contributed by atoms with Crippen molar-refractivity contribution in [1.82, 2.24) is 4.98 Å². The predicted molar refractivity (Wildman–Crippen MR) is 84.8 cm³/mol. The molecule has 0 aliphatic carbocycles. The first-order chi connectivity index (χ1) is 9.30. The molecule has 1 rings (SSSR count). The molecule has 1 unspecified atom stereocenters. The van der Waals surface area contributed by atoms with E-state index in [2.05, 4.69) is 42.5 Å². The van der Waals surface area contributed by atoms with Crippen LogP contribution in [-0.4, -0.2) is 18.1 Å². The van der Waals surface area contributed by atoms with Crippen molar-refractivity contribution in [2.45, 2.75) is 52.9 Å². The first-order valence-corrected chi connectivity index (χ1v) is 7.73. The molecule has 1 heterocycles. The molecule has 0 saturated heterocycles. The Labute approximate surface area is 118 Å². The third kappa shape index (κ3) is 6.46. The zero-order valence-electron chi connectivity index (χ0n) is 12.7. The van der Waals surface area contributed by atoms with Crippen LogP contribution in [0.5, 0.6) is 0 Å². The highest BCUT2D eigenvalue weighted by atomic mass is 15.0. The fourth-order valence-electron chi connectivity index (χ4n) is 2.10. The second-order valence-electron chi connectivity index (χ2n) is 5.15. The highest BCUT2D eigenvalue weighted by Crippen LogP contribution is 2.16. The predicted octanol–water partition coefficient (Wildman–Crippen LogP) is 4.53. The topological polar surface area (TPSA) is 37.0 Å². The number of rotatable bonds is 10. The van der Waals surface area contributed by atoms with Gasteiger partial charge in [-0.25, -0.2) is 4.98 Å². The van der Waals surface area contributed by atoms with Crippen molar-refractivity contribution in [2.24, 2.45) is 5.92 Å². The molecule has 0 aliphatic rings. The van der Waals surface area contributed by atoms with Gasteiger partial charge in [0.1, 0.15) is 5.82 Å². The quantitative estimate of drug-likeness (QED) is 0.651. The Hall–Kier alpha value is -1.25. The second-order valence-corrected chi connectivity index (χ2v) is 5.15. The van der Waals surface area contributed by atoms with E-state index in [4.69, 9.17) is 0 Å². The zero-order valence-corrected chi connectivity index (χ0v) is 12.7. The van der Waals surface area contributed by atoms with Gasteiger partial charge in [-0.1, -0.05) is 40.0 Å². The van der Waals surface area contributed by atoms with Crippen molar-refractivity contribution in [3.8, 4) is 0 Å². The summed E-state index contributed by atoms with van der Waals surface area (Å²) >= 11 is 0. The summed E-state index contributed by atoms with van der Waals surface area (Å²) in [6.07, 6.45) is 8.18. The molecule has 0 aromatic carbocycles. The monoisotopic (exact) mass is 263 g/mol. The molecule has 0 fully saturated rings. The lowest BCUT2D eigenvalue weighted by Crippen LogP contribution is -2.14. The fraction of sp³-hybridized carbons (Fsp3) is 0.688. The van der Waals surface area contributed by atoms with Gasteiger partial charge in [0.2, 0.25) is 0 Å². The van der Waals surface area contributed by atoms with Gasteiger partial charge in [0.15, 0.2) is 0 Å². The van der Waals surface area contributed by atoms with Gasteiger partial charge in [0, 0.05) is 31.0 Å². The largest absolute Gasteiger partial charge is 0.385 e. The highest BCUT2D eigenvalue weighted by Gasteiger charge is 2.05. The number of anilines is 2. The van der Waals surface area contributed by atoms with E-state index in [0.717, 1.165) is 31.2 Å². The molecule has 3 nitrogen and oxygen atoms in total. The molecule has 0 bridgehead atoms. The lowest BCUT2D eigenvalue weighted by Gasteiger charge is -2.16. The number of unbranched alkanes of at least 4 members (excludes halogenated alkanes) is 1. The molecular weight excluding hydrogens is 234 g/mol. The van der Waals surface area contributed by atoms with Crippen LogP contribution in [0.25, 0.3) is 0 Å². The molecule has 19 heavy (non-hydrogen) atoms. The van der Waals surface area contributed by atoms with Crippen LogP contribution in [-0.2, 0) is 0 Å². The molecule has 1 atom stereocenters. The van der Waals surface area contributed by atoms with Crippen LogP contribution in [0.1, 0.15) is 52.9 Å². The summed E-state index contributed by atoms with van der Waals surface area (Å²) in [5, 5.41) is 6.86. The van der Waals surface area contributed by atoms with Crippen molar-refractivity contribution < 1.29 is 0 Å². The van der Waals surface area contributed by atoms with Crippen LogP contribution in [0.15, 0.2) is 18.3 Å². The van der Waals surface area contributed by atoms with E-state index < -0.39 is 0 Å². The normalized spacial score (nSPS) is 12.2. The first kappa shape index (κ1) is 15.8. The van der Waals surface area contributed by atoms with Crippen LogP contribution in [0.3, 0.4) is 0 Å².